The van der Waals surface area contributed by atoms with Crippen molar-refractivity contribution in [1.29, 1.82) is 0 Å². The normalized spacial score (nSPS) is 18.9. The summed E-state index contributed by atoms with van der Waals surface area (Å²) >= 11 is 0. The van der Waals surface area contributed by atoms with Crippen LogP contribution in [0.5, 0.6) is 5.88 Å². The number of rotatable bonds is 5. The summed E-state index contributed by atoms with van der Waals surface area (Å²) in [6, 6.07) is 1.84. The van der Waals surface area contributed by atoms with Crippen LogP contribution < -0.4 is 15.4 Å². The second kappa shape index (κ2) is 5.47. The quantitative estimate of drug-likeness (QED) is 0.781. The molecular formula is C11H16N4O2. The van der Waals surface area contributed by atoms with E-state index < -0.39 is 0 Å². The monoisotopic (exact) mass is 236 g/mol. The first kappa shape index (κ1) is 11.6. The standard InChI is InChI=1S/C11H16N4O2/c1-2-3-17-11-5-9(13-7-14-11)15-8-4-10(16)12-6-8/h5,7-8H,2-4,6H2,1H3,(H,12,16)(H,13,14,15). The number of aromatic nitrogens is 2. The first-order chi connectivity index (χ1) is 8.28. The zero-order valence-corrected chi connectivity index (χ0v) is 9.77. The van der Waals surface area contributed by atoms with Gasteiger partial charge in [-0.15, -0.1) is 0 Å². The molecular weight excluding hydrogens is 220 g/mol. The van der Waals surface area contributed by atoms with E-state index in [9.17, 15) is 4.79 Å². The van der Waals surface area contributed by atoms with Gasteiger partial charge in [-0.25, -0.2) is 9.97 Å². The summed E-state index contributed by atoms with van der Waals surface area (Å²) in [7, 11) is 0. The number of nitrogens with zero attached hydrogens (tertiary/aromatic N) is 2. The molecule has 92 valence electrons. The van der Waals surface area contributed by atoms with E-state index in [0.29, 0.717) is 31.3 Å². The fourth-order valence-corrected chi connectivity index (χ4v) is 1.62. The van der Waals surface area contributed by atoms with Gasteiger partial charge in [-0.1, -0.05) is 6.92 Å². The molecule has 2 rings (SSSR count). The molecule has 0 aromatic carbocycles. The van der Waals surface area contributed by atoms with E-state index in [0.717, 1.165) is 6.42 Å². The molecule has 0 spiro atoms. The van der Waals surface area contributed by atoms with Crippen LogP contribution in [0.15, 0.2) is 12.4 Å². The first-order valence-electron chi connectivity index (χ1n) is 5.76. The van der Waals surface area contributed by atoms with Crippen molar-refractivity contribution < 1.29 is 9.53 Å². The highest BCUT2D eigenvalue weighted by atomic mass is 16.5. The Balaban J connectivity index is 1.93. The van der Waals surface area contributed by atoms with Crippen LogP contribution in [0.3, 0.4) is 0 Å². The average molecular weight is 236 g/mol. The Bertz CT molecular complexity index is 397. The van der Waals surface area contributed by atoms with Crippen molar-refractivity contribution in [2.75, 3.05) is 18.5 Å². The molecule has 6 heteroatoms. The van der Waals surface area contributed by atoms with Gasteiger partial charge in [0.05, 0.1) is 12.6 Å². The maximum absolute atomic E-state index is 11.0. The number of amides is 1. The topological polar surface area (TPSA) is 76.1 Å². The number of carbonyl (C=O) groups is 1. The lowest BCUT2D eigenvalue weighted by molar-refractivity contribution is -0.119. The Morgan fingerprint density at radius 1 is 1.59 bits per heavy atom. The molecule has 0 aliphatic carbocycles. The smallest absolute Gasteiger partial charge is 0.222 e. The minimum Gasteiger partial charge on any atom is -0.478 e. The summed E-state index contributed by atoms with van der Waals surface area (Å²) in [6.07, 6.45) is 2.88. The average Bonchev–Trinajstić information content (AvgIpc) is 2.73. The van der Waals surface area contributed by atoms with Crippen LogP contribution in [0.25, 0.3) is 0 Å². The van der Waals surface area contributed by atoms with Gasteiger partial charge in [0.2, 0.25) is 11.8 Å². The molecule has 1 fully saturated rings. The molecule has 1 amide bonds. The highest BCUT2D eigenvalue weighted by Crippen LogP contribution is 2.14. The highest BCUT2D eigenvalue weighted by molar-refractivity contribution is 5.79. The lowest BCUT2D eigenvalue weighted by atomic mass is 10.2. The van der Waals surface area contributed by atoms with Crippen LogP contribution in [0, 0.1) is 0 Å². The second-order valence-corrected chi connectivity index (χ2v) is 3.94. The van der Waals surface area contributed by atoms with Gasteiger partial charge >= 0.3 is 0 Å². The van der Waals surface area contributed by atoms with Crippen LogP contribution >= 0.6 is 0 Å². The highest BCUT2D eigenvalue weighted by Gasteiger charge is 2.21. The van der Waals surface area contributed by atoms with Gasteiger partial charge in [0.15, 0.2) is 0 Å². The van der Waals surface area contributed by atoms with Crippen LogP contribution in [0.1, 0.15) is 19.8 Å². The van der Waals surface area contributed by atoms with E-state index >= 15 is 0 Å². The van der Waals surface area contributed by atoms with Gasteiger partial charge in [-0.2, -0.15) is 0 Å². The fraction of sp³-hybridized carbons (Fsp3) is 0.545. The lowest BCUT2D eigenvalue weighted by Crippen LogP contribution is -2.22. The molecule has 1 aliphatic rings. The van der Waals surface area contributed by atoms with E-state index in [1.165, 1.54) is 6.33 Å². The van der Waals surface area contributed by atoms with Crippen molar-refractivity contribution in [2.45, 2.75) is 25.8 Å². The molecule has 17 heavy (non-hydrogen) atoms. The summed E-state index contributed by atoms with van der Waals surface area (Å²) < 4.78 is 5.41. The summed E-state index contributed by atoms with van der Waals surface area (Å²) in [5.41, 5.74) is 0. The van der Waals surface area contributed by atoms with E-state index in [1.807, 2.05) is 6.92 Å². The SMILES string of the molecule is CCCOc1cc(NC2CNC(=O)C2)ncn1. The molecule has 0 saturated carbocycles. The predicted molar refractivity (Wildman–Crippen MR) is 62.9 cm³/mol. The number of hydrogen-bond acceptors (Lipinski definition) is 5. The van der Waals surface area contributed by atoms with Crippen molar-refractivity contribution in [3.05, 3.63) is 12.4 Å². The molecule has 1 aromatic heterocycles. The van der Waals surface area contributed by atoms with Crippen molar-refractivity contribution in [1.82, 2.24) is 15.3 Å². The molecule has 1 aromatic rings. The Kier molecular flexibility index (Phi) is 3.74. The van der Waals surface area contributed by atoms with Crippen LogP contribution in [-0.4, -0.2) is 35.1 Å². The molecule has 6 nitrogen and oxygen atoms in total. The van der Waals surface area contributed by atoms with Gasteiger partial charge in [-0.3, -0.25) is 4.79 Å². The van der Waals surface area contributed by atoms with Gasteiger partial charge in [0.1, 0.15) is 12.1 Å². The fourth-order valence-electron chi connectivity index (χ4n) is 1.62. The van der Waals surface area contributed by atoms with E-state index in [2.05, 4.69) is 20.6 Å². The zero-order valence-electron chi connectivity index (χ0n) is 9.77. The third-order valence-corrected chi connectivity index (χ3v) is 2.43. The minimum absolute atomic E-state index is 0.0685. The number of nitrogens with one attached hydrogen (secondary N) is 2. The van der Waals surface area contributed by atoms with Gasteiger partial charge in [0.25, 0.3) is 0 Å². The molecule has 1 aliphatic heterocycles. The zero-order chi connectivity index (χ0) is 12.1. The molecule has 2 N–H and O–H groups in total. The summed E-state index contributed by atoms with van der Waals surface area (Å²) in [5.74, 6) is 1.31. The van der Waals surface area contributed by atoms with E-state index in [-0.39, 0.29) is 11.9 Å². The van der Waals surface area contributed by atoms with Gasteiger partial charge in [-0.05, 0) is 6.42 Å². The summed E-state index contributed by atoms with van der Waals surface area (Å²) in [6.45, 7) is 3.31. The molecule has 1 saturated heterocycles. The minimum atomic E-state index is 0.0685. The van der Waals surface area contributed by atoms with Crippen molar-refractivity contribution in [3.8, 4) is 5.88 Å². The summed E-state index contributed by atoms with van der Waals surface area (Å²) in [4.78, 5) is 19.1. The Labute approximate surface area is 99.8 Å². The van der Waals surface area contributed by atoms with Gasteiger partial charge < -0.3 is 15.4 Å². The Morgan fingerprint density at radius 2 is 2.47 bits per heavy atom. The third kappa shape index (κ3) is 3.30. The Hall–Kier alpha value is -1.85. The number of hydrogen-bond donors (Lipinski definition) is 2. The maximum atomic E-state index is 11.0. The summed E-state index contributed by atoms with van der Waals surface area (Å²) in [5, 5.41) is 5.94. The largest absolute Gasteiger partial charge is 0.478 e. The number of carbonyl (C=O) groups excluding carboxylic acids is 1. The number of anilines is 1. The molecule has 1 atom stereocenters. The van der Waals surface area contributed by atoms with Crippen LogP contribution in [-0.2, 0) is 4.79 Å². The number of ether oxygens (including phenoxy) is 1. The van der Waals surface area contributed by atoms with Crippen LogP contribution in [0.4, 0.5) is 5.82 Å². The van der Waals surface area contributed by atoms with Crippen LogP contribution in [0.2, 0.25) is 0 Å². The van der Waals surface area contributed by atoms with Crippen molar-refractivity contribution in [2.24, 2.45) is 0 Å². The lowest BCUT2D eigenvalue weighted by Gasteiger charge is -2.11. The molecule has 0 radical (unpaired) electrons. The van der Waals surface area contributed by atoms with Crippen molar-refractivity contribution in [3.63, 3.8) is 0 Å². The van der Waals surface area contributed by atoms with Crippen molar-refractivity contribution >= 4 is 11.7 Å². The molecule has 0 bridgehead atoms. The van der Waals surface area contributed by atoms with E-state index in [1.54, 1.807) is 6.07 Å². The maximum Gasteiger partial charge on any atom is 0.222 e. The molecule has 1 unspecified atom stereocenters. The Morgan fingerprint density at radius 3 is 3.18 bits per heavy atom. The second-order valence-electron chi connectivity index (χ2n) is 3.94. The first-order valence-corrected chi connectivity index (χ1v) is 5.76. The third-order valence-electron chi connectivity index (χ3n) is 2.43. The predicted octanol–water partition coefficient (Wildman–Crippen LogP) is 0.566. The molecule has 2 heterocycles. The van der Waals surface area contributed by atoms with E-state index in [4.69, 9.17) is 4.74 Å². The van der Waals surface area contributed by atoms with Gasteiger partial charge in [0, 0.05) is 19.0 Å².